The molecule has 0 spiro atoms. The van der Waals surface area contributed by atoms with Crippen LogP contribution in [0.1, 0.15) is 22.3 Å². The highest BCUT2D eigenvalue weighted by Crippen LogP contribution is 2.28. The minimum absolute atomic E-state index is 0.134. The first-order valence-electron chi connectivity index (χ1n) is 9.70. The van der Waals surface area contributed by atoms with Gasteiger partial charge in [0.05, 0.1) is 10.6 Å². The minimum atomic E-state index is -0.134. The lowest BCUT2D eigenvalue weighted by molar-refractivity contribution is -0.115. The number of nitrogens with one attached hydrogen (secondary N) is 1. The number of benzene rings is 3. The maximum absolute atomic E-state index is 12.3. The summed E-state index contributed by atoms with van der Waals surface area (Å²) in [5.41, 5.74) is 5.30. The zero-order valence-corrected chi connectivity index (χ0v) is 17.7. The summed E-state index contributed by atoms with van der Waals surface area (Å²) in [6.45, 7) is 4.62. The number of thioether (sulfide) groups is 1. The van der Waals surface area contributed by atoms with Gasteiger partial charge in [-0.25, -0.2) is 4.99 Å². The molecule has 3 aromatic rings. The quantitative estimate of drug-likeness (QED) is 0.539. The smallest absolute Gasteiger partial charge is 0.264 e. The molecule has 1 amide bonds. The summed E-state index contributed by atoms with van der Waals surface area (Å²) in [5, 5.41) is 3.41. The van der Waals surface area contributed by atoms with Gasteiger partial charge in [-0.1, -0.05) is 59.7 Å². The van der Waals surface area contributed by atoms with Crippen molar-refractivity contribution in [3.8, 4) is 5.75 Å². The third-order valence-electron chi connectivity index (χ3n) is 4.62. The van der Waals surface area contributed by atoms with E-state index in [1.165, 1.54) is 22.9 Å². The number of aryl methyl sites for hydroxylation is 2. The highest BCUT2D eigenvalue weighted by Gasteiger charge is 2.23. The first kappa shape index (κ1) is 20.0. The molecule has 4 nitrogen and oxygen atoms in total. The van der Waals surface area contributed by atoms with Crippen molar-refractivity contribution in [1.82, 2.24) is 5.32 Å². The lowest BCUT2D eigenvalue weighted by Crippen LogP contribution is -2.19. The molecule has 4 rings (SSSR count). The molecule has 150 valence electrons. The number of aliphatic imine (C=N–C) groups is 1. The van der Waals surface area contributed by atoms with Crippen LogP contribution in [0.5, 0.6) is 5.75 Å². The average Bonchev–Trinajstić information content (AvgIpc) is 3.09. The normalized spacial score (nSPS) is 16.1. The van der Waals surface area contributed by atoms with Gasteiger partial charge in [0.1, 0.15) is 12.4 Å². The van der Waals surface area contributed by atoms with Gasteiger partial charge >= 0.3 is 0 Å². The second-order valence-corrected chi connectivity index (χ2v) is 8.19. The van der Waals surface area contributed by atoms with E-state index in [0.717, 1.165) is 22.6 Å². The summed E-state index contributed by atoms with van der Waals surface area (Å²) in [7, 11) is 0. The van der Waals surface area contributed by atoms with Gasteiger partial charge in [-0.15, -0.1) is 0 Å². The van der Waals surface area contributed by atoms with Crippen LogP contribution in [-0.2, 0) is 11.4 Å². The molecule has 0 saturated carbocycles. The van der Waals surface area contributed by atoms with Crippen LogP contribution in [0.4, 0.5) is 5.69 Å². The molecule has 0 atom stereocenters. The zero-order chi connectivity index (χ0) is 20.9. The van der Waals surface area contributed by atoms with E-state index in [1.807, 2.05) is 61.5 Å². The molecule has 1 heterocycles. The Hall–Kier alpha value is -3.31. The standard InChI is InChI=1S/C25H22N2O2S/c1-17-3-7-20(8-4-17)16-29-22-13-9-19(10-14-22)15-23-24(28)27-25(30-23)26-21-11-5-18(2)6-12-21/h3-15H,16H2,1-2H3,(H,26,27,28). The third-order valence-corrected chi connectivity index (χ3v) is 5.53. The van der Waals surface area contributed by atoms with Gasteiger partial charge in [-0.05, 0) is 67.1 Å². The number of nitrogens with zero attached hydrogens (tertiary/aromatic N) is 1. The lowest BCUT2D eigenvalue weighted by atomic mass is 10.1. The number of carbonyl (C=O) groups is 1. The maximum atomic E-state index is 12.3. The second-order valence-electron chi connectivity index (χ2n) is 7.16. The number of hydrogen-bond acceptors (Lipinski definition) is 4. The molecule has 1 aliphatic heterocycles. The van der Waals surface area contributed by atoms with Gasteiger partial charge in [-0.3, -0.25) is 4.79 Å². The summed E-state index contributed by atoms with van der Waals surface area (Å²) in [6, 6.07) is 23.9. The van der Waals surface area contributed by atoms with Crippen LogP contribution >= 0.6 is 11.8 Å². The Kier molecular flexibility index (Phi) is 6.00. The van der Waals surface area contributed by atoms with Crippen LogP contribution in [-0.4, -0.2) is 11.1 Å². The van der Waals surface area contributed by atoms with E-state index < -0.39 is 0 Å². The van der Waals surface area contributed by atoms with Gasteiger partial charge in [0.2, 0.25) is 0 Å². The first-order valence-corrected chi connectivity index (χ1v) is 10.5. The number of ether oxygens (including phenoxy) is 1. The SMILES string of the molecule is Cc1ccc(COc2ccc(C=C3SC(=Nc4ccc(C)cc4)NC3=O)cc2)cc1. The Morgan fingerprint density at radius 2 is 1.53 bits per heavy atom. The van der Waals surface area contributed by atoms with Gasteiger partial charge in [0, 0.05) is 0 Å². The van der Waals surface area contributed by atoms with Crippen LogP contribution in [0.15, 0.2) is 82.7 Å². The average molecular weight is 415 g/mol. The fraction of sp³-hybridized carbons (Fsp3) is 0.120. The predicted octanol–water partition coefficient (Wildman–Crippen LogP) is 5.77. The topological polar surface area (TPSA) is 50.7 Å². The number of hydrogen-bond donors (Lipinski definition) is 1. The van der Waals surface area contributed by atoms with Crippen LogP contribution in [0.25, 0.3) is 6.08 Å². The fourth-order valence-corrected chi connectivity index (χ4v) is 3.72. The van der Waals surface area contributed by atoms with E-state index >= 15 is 0 Å². The van der Waals surface area contributed by atoms with Gasteiger partial charge in [0.25, 0.3) is 5.91 Å². The van der Waals surface area contributed by atoms with Gasteiger partial charge in [0.15, 0.2) is 5.17 Å². The highest BCUT2D eigenvalue weighted by atomic mass is 32.2. The summed E-state index contributed by atoms with van der Waals surface area (Å²) in [4.78, 5) is 17.4. The molecule has 0 bridgehead atoms. The van der Waals surface area contributed by atoms with Crippen LogP contribution in [0.2, 0.25) is 0 Å². The summed E-state index contributed by atoms with van der Waals surface area (Å²) in [6.07, 6.45) is 1.86. The Balaban J connectivity index is 1.39. The number of amidine groups is 1. The van der Waals surface area contributed by atoms with Gasteiger partial charge < -0.3 is 10.1 Å². The van der Waals surface area contributed by atoms with Crippen LogP contribution in [0.3, 0.4) is 0 Å². The highest BCUT2D eigenvalue weighted by molar-refractivity contribution is 8.18. The maximum Gasteiger partial charge on any atom is 0.264 e. The molecule has 0 aromatic heterocycles. The molecule has 1 N–H and O–H groups in total. The molecule has 0 unspecified atom stereocenters. The molecule has 1 aliphatic rings. The Labute approximate surface area is 180 Å². The Morgan fingerprint density at radius 1 is 0.900 bits per heavy atom. The van der Waals surface area contributed by atoms with Crippen LogP contribution in [0, 0.1) is 13.8 Å². The monoisotopic (exact) mass is 414 g/mol. The van der Waals surface area contributed by atoms with E-state index in [-0.39, 0.29) is 5.91 Å². The second kappa shape index (κ2) is 9.01. The summed E-state index contributed by atoms with van der Waals surface area (Å²) >= 11 is 1.34. The first-order chi connectivity index (χ1) is 14.5. The van der Waals surface area contributed by atoms with Crippen molar-refractivity contribution in [1.29, 1.82) is 0 Å². The molecule has 0 aliphatic carbocycles. The molecule has 30 heavy (non-hydrogen) atoms. The molecular weight excluding hydrogens is 392 g/mol. The Morgan fingerprint density at radius 3 is 2.20 bits per heavy atom. The lowest BCUT2D eigenvalue weighted by Gasteiger charge is -2.07. The van der Waals surface area contributed by atoms with Crippen LogP contribution < -0.4 is 10.1 Å². The minimum Gasteiger partial charge on any atom is -0.489 e. The molecule has 0 radical (unpaired) electrons. The van der Waals surface area contributed by atoms with E-state index in [0.29, 0.717) is 16.7 Å². The van der Waals surface area contributed by atoms with Gasteiger partial charge in [-0.2, -0.15) is 0 Å². The molecule has 1 fully saturated rings. The largest absolute Gasteiger partial charge is 0.489 e. The summed E-state index contributed by atoms with van der Waals surface area (Å²) in [5.74, 6) is 0.661. The summed E-state index contributed by atoms with van der Waals surface area (Å²) < 4.78 is 5.85. The van der Waals surface area contributed by atoms with Crippen molar-refractivity contribution in [2.24, 2.45) is 4.99 Å². The van der Waals surface area contributed by atoms with E-state index in [9.17, 15) is 4.79 Å². The molecular formula is C25H22N2O2S. The zero-order valence-electron chi connectivity index (χ0n) is 16.9. The van der Waals surface area contributed by atoms with E-state index in [1.54, 1.807) is 0 Å². The van der Waals surface area contributed by atoms with Crippen molar-refractivity contribution in [2.45, 2.75) is 20.5 Å². The fourth-order valence-electron chi connectivity index (χ4n) is 2.88. The van der Waals surface area contributed by atoms with Crippen molar-refractivity contribution in [2.75, 3.05) is 0 Å². The molecule has 3 aromatic carbocycles. The predicted molar refractivity (Wildman–Crippen MR) is 124 cm³/mol. The Bertz CT molecular complexity index is 1100. The van der Waals surface area contributed by atoms with E-state index in [2.05, 4.69) is 41.5 Å². The number of amides is 1. The van der Waals surface area contributed by atoms with Crippen molar-refractivity contribution >= 4 is 34.6 Å². The molecule has 5 heteroatoms. The van der Waals surface area contributed by atoms with Crippen molar-refractivity contribution in [3.05, 3.63) is 100.0 Å². The van der Waals surface area contributed by atoms with Crippen molar-refractivity contribution < 1.29 is 9.53 Å². The number of rotatable bonds is 5. The number of carbonyl (C=O) groups excluding carboxylic acids is 1. The molecule has 1 saturated heterocycles. The van der Waals surface area contributed by atoms with Crippen molar-refractivity contribution in [3.63, 3.8) is 0 Å². The third kappa shape index (κ3) is 5.19. The van der Waals surface area contributed by atoms with E-state index in [4.69, 9.17) is 4.74 Å².